The number of para-hydroxylation sites is 2. The number of carbonyl (C=O) groups excluding carboxylic acids is 1. The molecule has 1 unspecified atom stereocenters. The number of carbonyl (C=O) groups is 2. The van der Waals surface area contributed by atoms with Crippen LogP contribution in [0.3, 0.4) is 0 Å². The summed E-state index contributed by atoms with van der Waals surface area (Å²) in [6.07, 6.45) is 1.42. The van der Waals surface area contributed by atoms with Crippen molar-refractivity contribution in [1.82, 2.24) is 0 Å². The van der Waals surface area contributed by atoms with Crippen LogP contribution in [0.25, 0.3) is 44.2 Å². The lowest BCUT2D eigenvalue weighted by atomic mass is 9.98. The maximum absolute atomic E-state index is 12.4. The van der Waals surface area contributed by atoms with Crippen molar-refractivity contribution in [1.29, 1.82) is 0 Å². The fourth-order valence-electron chi connectivity index (χ4n) is 4.63. The molecule has 0 fully saturated rings. The topological polar surface area (TPSA) is 76.7 Å². The third-order valence-electron chi connectivity index (χ3n) is 6.68. The summed E-state index contributed by atoms with van der Waals surface area (Å²) in [7, 11) is 0. The monoisotopic (exact) mass is 538 g/mol. The van der Waals surface area contributed by atoms with Crippen LogP contribution >= 0.6 is 11.8 Å². The number of esters is 1. The molecule has 39 heavy (non-hydrogen) atoms. The summed E-state index contributed by atoms with van der Waals surface area (Å²) in [6.45, 7) is 2.33. The number of thioether (sulfide) groups is 1. The van der Waals surface area contributed by atoms with Crippen LogP contribution in [0.1, 0.15) is 31.7 Å². The molecule has 0 bridgehead atoms. The Morgan fingerprint density at radius 1 is 0.872 bits per heavy atom. The highest BCUT2D eigenvalue weighted by atomic mass is 32.2. The lowest BCUT2D eigenvalue weighted by molar-refractivity contribution is -0.147. The van der Waals surface area contributed by atoms with Crippen molar-refractivity contribution in [2.24, 2.45) is 0 Å². The van der Waals surface area contributed by atoms with Gasteiger partial charge in [-0.3, -0.25) is 9.59 Å². The van der Waals surface area contributed by atoms with Gasteiger partial charge in [0.25, 0.3) is 0 Å². The Bertz CT molecular complexity index is 1600. The largest absolute Gasteiger partial charge is 0.481 e. The van der Waals surface area contributed by atoms with Gasteiger partial charge in [-0.25, -0.2) is 0 Å². The van der Waals surface area contributed by atoms with Gasteiger partial charge in [0.15, 0.2) is 0 Å². The number of fused-ring (bicyclic) bond motifs is 3. The predicted octanol–water partition coefficient (Wildman–Crippen LogP) is 8.34. The average molecular weight is 539 g/mol. The van der Waals surface area contributed by atoms with Gasteiger partial charge in [0.05, 0.1) is 13.0 Å². The zero-order chi connectivity index (χ0) is 27.2. The first-order valence-corrected chi connectivity index (χ1v) is 14.2. The van der Waals surface area contributed by atoms with E-state index in [0.717, 1.165) is 62.6 Å². The van der Waals surface area contributed by atoms with Crippen molar-refractivity contribution in [3.63, 3.8) is 0 Å². The van der Waals surface area contributed by atoms with Gasteiger partial charge in [-0.05, 0) is 34.7 Å². The van der Waals surface area contributed by atoms with E-state index in [1.54, 1.807) is 0 Å². The molecule has 6 heteroatoms. The van der Waals surface area contributed by atoms with E-state index in [2.05, 4.69) is 60.7 Å². The minimum Gasteiger partial charge on any atom is -0.481 e. The van der Waals surface area contributed by atoms with E-state index < -0.39 is 17.2 Å². The fraction of sp³-hybridized carbons (Fsp3) is 0.212. The first-order valence-electron chi connectivity index (χ1n) is 13.1. The highest BCUT2D eigenvalue weighted by Crippen LogP contribution is 2.36. The number of hydrogen-bond acceptors (Lipinski definition) is 5. The van der Waals surface area contributed by atoms with Crippen LogP contribution in [0, 0.1) is 0 Å². The number of rotatable bonds is 11. The Kier molecular flexibility index (Phi) is 8.33. The number of aliphatic carboxylic acids is 1. The highest BCUT2D eigenvalue weighted by Gasteiger charge is 2.24. The van der Waals surface area contributed by atoms with E-state index in [1.807, 2.05) is 37.3 Å². The summed E-state index contributed by atoms with van der Waals surface area (Å²) < 4.78 is 11.5. The average Bonchev–Trinajstić information content (AvgIpc) is 3.34. The summed E-state index contributed by atoms with van der Waals surface area (Å²) >= 11 is 1.31. The minimum atomic E-state index is -1.01. The number of unbranched alkanes of at least 4 members (excludes halogenated alkanes) is 1. The van der Waals surface area contributed by atoms with Crippen molar-refractivity contribution in [2.45, 2.75) is 37.2 Å². The maximum Gasteiger partial charge on any atom is 0.319 e. The van der Waals surface area contributed by atoms with Gasteiger partial charge >= 0.3 is 11.9 Å². The number of ether oxygens (including phenoxy) is 1. The molecule has 0 radical (unpaired) electrons. The van der Waals surface area contributed by atoms with Crippen molar-refractivity contribution in [3.05, 3.63) is 96.6 Å². The third-order valence-corrected chi connectivity index (χ3v) is 7.94. The predicted molar refractivity (Wildman–Crippen MR) is 158 cm³/mol. The molecule has 5 rings (SSSR count). The summed E-state index contributed by atoms with van der Waals surface area (Å²) in [5, 5.41) is 10.8. The van der Waals surface area contributed by atoms with Crippen LogP contribution in [0.5, 0.6) is 0 Å². The van der Waals surface area contributed by atoms with Crippen LogP contribution in [0.4, 0.5) is 0 Å². The Morgan fingerprint density at radius 2 is 1.62 bits per heavy atom. The number of benzene rings is 4. The SMILES string of the molecule is CCCCOC(=O)C(CC(=O)O)SCc1cccc(-c2ccc(-c3cccc4c3oc3ccccc34)cc2)c1. The van der Waals surface area contributed by atoms with Crippen molar-refractivity contribution in [3.8, 4) is 22.3 Å². The second kappa shape index (κ2) is 12.2. The number of carboxylic acid groups (broad SMARTS) is 1. The first kappa shape index (κ1) is 26.6. The molecular weight excluding hydrogens is 508 g/mol. The zero-order valence-corrected chi connectivity index (χ0v) is 22.6. The Balaban J connectivity index is 1.32. The van der Waals surface area contributed by atoms with E-state index in [0.29, 0.717) is 12.4 Å². The molecular formula is C33H30O5S. The normalized spacial score (nSPS) is 12.0. The first-order chi connectivity index (χ1) is 19.0. The van der Waals surface area contributed by atoms with E-state index in [1.165, 1.54) is 11.8 Å². The van der Waals surface area contributed by atoms with E-state index in [-0.39, 0.29) is 6.42 Å². The van der Waals surface area contributed by atoms with Gasteiger partial charge in [-0.2, -0.15) is 0 Å². The molecule has 0 amide bonds. The smallest absolute Gasteiger partial charge is 0.319 e. The Morgan fingerprint density at radius 3 is 2.41 bits per heavy atom. The lowest BCUT2D eigenvalue weighted by Crippen LogP contribution is -2.24. The third kappa shape index (κ3) is 6.18. The molecule has 0 spiro atoms. The molecule has 198 valence electrons. The van der Waals surface area contributed by atoms with E-state index in [9.17, 15) is 14.7 Å². The fourth-order valence-corrected chi connectivity index (χ4v) is 5.67. The zero-order valence-electron chi connectivity index (χ0n) is 21.8. The molecule has 1 heterocycles. The Hall–Kier alpha value is -4.03. The Labute approximate surface area is 231 Å². The van der Waals surface area contributed by atoms with Crippen LogP contribution in [-0.2, 0) is 20.1 Å². The van der Waals surface area contributed by atoms with Crippen molar-refractivity contribution >= 4 is 45.6 Å². The van der Waals surface area contributed by atoms with E-state index in [4.69, 9.17) is 9.15 Å². The standard InChI is InChI=1S/C33H30O5S/c1-2-3-18-37-33(36)30(20-31(34)35)39-21-22-8-6-9-25(19-22)23-14-16-24(17-15-23)26-11-7-12-28-27-10-4-5-13-29(27)38-32(26)28/h4-17,19,30H,2-3,18,20-21H2,1H3,(H,34,35). The summed E-state index contributed by atoms with van der Waals surface area (Å²) in [5.41, 5.74) is 7.04. The van der Waals surface area contributed by atoms with Gasteiger partial charge < -0.3 is 14.3 Å². The van der Waals surface area contributed by atoms with E-state index >= 15 is 0 Å². The molecule has 0 aliphatic rings. The van der Waals surface area contributed by atoms with Crippen molar-refractivity contribution < 1.29 is 23.8 Å². The van der Waals surface area contributed by atoms with Crippen LogP contribution in [-0.4, -0.2) is 28.9 Å². The van der Waals surface area contributed by atoms with Gasteiger partial charge in [0.1, 0.15) is 16.4 Å². The van der Waals surface area contributed by atoms with Crippen molar-refractivity contribution in [2.75, 3.05) is 6.61 Å². The molecule has 0 aliphatic carbocycles. The van der Waals surface area contributed by atoms with Gasteiger partial charge in [-0.1, -0.05) is 98.3 Å². The highest BCUT2D eigenvalue weighted by molar-refractivity contribution is 7.99. The number of carboxylic acids is 1. The summed E-state index contributed by atoms with van der Waals surface area (Å²) in [4.78, 5) is 23.7. The number of hydrogen-bond donors (Lipinski definition) is 1. The summed E-state index contributed by atoms with van der Waals surface area (Å²) in [5.74, 6) is -0.949. The molecule has 1 N–H and O–H groups in total. The van der Waals surface area contributed by atoms with Crippen LogP contribution in [0.2, 0.25) is 0 Å². The summed E-state index contributed by atoms with van der Waals surface area (Å²) in [6, 6.07) is 30.8. The molecule has 1 atom stereocenters. The number of furan rings is 1. The van der Waals surface area contributed by atoms with Crippen LogP contribution < -0.4 is 0 Å². The lowest BCUT2D eigenvalue weighted by Gasteiger charge is -2.14. The quantitative estimate of drug-likeness (QED) is 0.135. The van der Waals surface area contributed by atoms with Gasteiger partial charge in [-0.15, -0.1) is 11.8 Å². The molecule has 5 aromatic rings. The minimum absolute atomic E-state index is 0.255. The molecule has 0 saturated carbocycles. The van der Waals surface area contributed by atoms with Crippen LogP contribution in [0.15, 0.2) is 95.4 Å². The molecule has 5 nitrogen and oxygen atoms in total. The second-order valence-corrected chi connectivity index (χ2v) is 10.7. The maximum atomic E-state index is 12.4. The molecule has 0 saturated heterocycles. The van der Waals surface area contributed by atoms with Gasteiger partial charge in [0, 0.05) is 22.1 Å². The molecule has 0 aliphatic heterocycles. The molecule has 1 aromatic heterocycles. The molecule has 4 aromatic carbocycles. The second-order valence-electron chi connectivity index (χ2n) is 9.48. The van der Waals surface area contributed by atoms with Gasteiger partial charge in [0.2, 0.25) is 0 Å².